The molecule has 0 saturated heterocycles. The van der Waals surface area contributed by atoms with Gasteiger partial charge < -0.3 is 11.1 Å². The highest BCUT2D eigenvalue weighted by molar-refractivity contribution is 6.33. The maximum absolute atomic E-state index is 6.11. The van der Waals surface area contributed by atoms with Crippen molar-refractivity contribution in [2.24, 2.45) is 11.7 Å². The van der Waals surface area contributed by atoms with Crippen molar-refractivity contribution in [1.82, 2.24) is 0 Å². The number of benzene rings is 1. The number of halogens is 1. The van der Waals surface area contributed by atoms with Crippen molar-refractivity contribution in [2.45, 2.75) is 25.3 Å². The minimum Gasteiger partial charge on any atom is -0.377 e. The van der Waals surface area contributed by atoms with E-state index in [0.29, 0.717) is 12.5 Å². The smallest absolute Gasteiger partial charge is 0.0637 e. The molecule has 1 aliphatic carbocycles. The predicted octanol–water partition coefficient (Wildman–Crippen LogP) is 2.88. The van der Waals surface area contributed by atoms with Crippen LogP contribution in [0.1, 0.15) is 19.8 Å². The van der Waals surface area contributed by atoms with E-state index < -0.39 is 0 Å². The van der Waals surface area contributed by atoms with E-state index >= 15 is 0 Å². The summed E-state index contributed by atoms with van der Waals surface area (Å²) in [5.74, 6) is 0.693. The molecule has 2 nitrogen and oxygen atoms in total. The standard InChI is InChI=1S/C12H17ClN2/c1-12(8-14,9-6-7-9)15-11-5-3-2-4-10(11)13/h2-5,9,15H,6-8,14H2,1H3. The number of para-hydroxylation sites is 1. The molecule has 0 bridgehead atoms. The molecule has 3 N–H and O–H groups in total. The fourth-order valence-electron chi connectivity index (χ4n) is 1.91. The van der Waals surface area contributed by atoms with Gasteiger partial charge in [-0.15, -0.1) is 0 Å². The SMILES string of the molecule is CC(CN)(Nc1ccccc1Cl)C1CC1. The number of anilines is 1. The monoisotopic (exact) mass is 224 g/mol. The van der Waals surface area contributed by atoms with Gasteiger partial charge in [0.25, 0.3) is 0 Å². The zero-order valence-electron chi connectivity index (χ0n) is 8.96. The van der Waals surface area contributed by atoms with Crippen LogP contribution in [0, 0.1) is 5.92 Å². The molecule has 1 fully saturated rings. The summed E-state index contributed by atoms with van der Waals surface area (Å²) in [5.41, 5.74) is 6.82. The third kappa shape index (κ3) is 2.27. The molecule has 0 radical (unpaired) electrons. The molecule has 1 atom stereocenters. The largest absolute Gasteiger partial charge is 0.377 e. The first kappa shape index (κ1) is 10.8. The number of hydrogen-bond acceptors (Lipinski definition) is 2. The fourth-order valence-corrected chi connectivity index (χ4v) is 2.09. The lowest BCUT2D eigenvalue weighted by Gasteiger charge is -2.31. The van der Waals surface area contributed by atoms with E-state index in [4.69, 9.17) is 17.3 Å². The van der Waals surface area contributed by atoms with Crippen LogP contribution < -0.4 is 11.1 Å². The molecular weight excluding hydrogens is 208 g/mol. The maximum atomic E-state index is 6.11. The van der Waals surface area contributed by atoms with Crippen molar-refractivity contribution in [1.29, 1.82) is 0 Å². The van der Waals surface area contributed by atoms with E-state index in [2.05, 4.69) is 12.2 Å². The summed E-state index contributed by atoms with van der Waals surface area (Å²) in [6.07, 6.45) is 2.54. The van der Waals surface area contributed by atoms with Crippen LogP contribution in [0.3, 0.4) is 0 Å². The van der Waals surface area contributed by atoms with E-state index in [1.807, 2.05) is 24.3 Å². The first-order valence-corrected chi connectivity index (χ1v) is 5.76. The van der Waals surface area contributed by atoms with Crippen LogP contribution in [0.5, 0.6) is 0 Å². The lowest BCUT2D eigenvalue weighted by molar-refractivity contribution is 0.459. The first-order valence-electron chi connectivity index (χ1n) is 5.38. The Labute approximate surface area is 95.8 Å². The summed E-state index contributed by atoms with van der Waals surface area (Å²) in [6, 6.07) is 7.81. The molecule has 1 aromatic rings. The van der Waals surface area contributed by atoms with E-state index in [0.717, 1.165) is 10.7 Å². The molecule has 3 heteroatoms. The van der Waals surface area contributed by atoms with Gasteiger partial charge in [0.1, 0.15) is 0 Å². The topological polar surface area (TPSA) is 38.0 Å². The van der Waals surface area contributed by atoms with Gasteiger partial charge in [-0.25, -0.2) is 0 Å². The van der Waals surface area contributed by atoms with Gasteiger partial charge in [-0.05, 0) is 37.8 Å². The van der Waals surface area contributed by atoms with Crippen LogP contribution in [0.2, 0.25) is 5.02 Å². The number of rotatable bonds is 4. The summed E-state index contributed by atoms with van der Waals surface area (Å²) in [5, 5.41) is 4.24. The Bertz CT molecular complexity index is 349. The van der Waals surface area contributed by atoms with E-state index in [1.165, 1.54) is 12.8 Å². The Morgan fingerprint density at radius 1 is 1.47 bits per heavy atom. The Morgan fingerprint density at radius 2 is 2.13 bits per heavy atom. The zero-order valence-corrected chi connectivity index (χ0v) is 9.72. The number of nitrogens with two attached hydrogens (primary N) is 1. The normalized spacial score (nSPS) is 19.7. The van der Waals surface area contributed by atoms with Crippen molar-refractivity contribution >= 4 is 17.3 Å². The molecule has 0 heterocycles. The lowest BCUT2D eigenvalue weighted by Crippen LogP contribution is -2.44. The third-order valence-electron chi connectivity index (χ3n) is 3.20. The number of nitrogens with one attached hydrogen (secondary N) is 1. The summed E-state index contributed by atoms with van der Waals surface area (Å²) in [7, 11) is 0. The summed E-state index contributed by atoms with van der Waals surface area (Å²) in [6.45, 7) is 2.82. The summed E-state index contributed by atoms with van der Waals surface area (Å²) >= 11 is 6.11. The van der Waals surface area contributed by atoms with Gasteiger partial charge in [0, 0.05) is 12.1 Å². The molecule has 1 unspecified atom stereocenters. The number of hydrogen-bond donors (Lipinski definition) is 2. The van der Waals surface area contributed by atoms with Crippen LogP contribution in [0.25, 0.3) is 0 Å². The molecule has 0 amide bonds. The average molecular weight is 225 g/mol. The minimum absolute atomic E-state index is 0.00894. The molecule has 0 spiro atoms. The molecule has 15 heavy (non-hydrogen) atoms. The van der Waals surface area contributed by atoms with Crippen molar-refractivity contribution < 1.29 is 0 Å². The summed E-state index contributed by atoms with van der Waals surface area (Å²) in [4.78, 5) is 0. The summed E-state index contributed by atoms with van der Waals surface area (Å²) < 4.78 is 0. The van der Waals surface area contributed by atoms with Crippen LogP contribution in [-0.4, -0.2) is 12.1 Å². The second-order valence-corrected chi connectivity index (χ2v) is 4.91. The highest BCUT2D eigenvalue weighted by Gasteiger charge is 2.40. The lowest BCUT2D eigenvalue weighted by atomic mass is 9.95. The van der Waals surface area contributed by atoms with Crippen molar-refractivity contribution in [2.75, 3.05) is 11.9 Å². The van der Waals surface area contributed by atoms with E-state index in [-0.39, 0.29) is 5.54 Å². The molecule has 2 rings (SSSR count). The second-order valence-electron chi connectivity index (χ2n) is 4.50. The predicted molar refractivity (Wildman–Crippen MR) is 65.3 cm³/mol. The third-order valence-corrected chi connectivity index (χ3v) is 3.53. The molecular formula is C12H17ClN2. The van der Waals surface area contributed by atoms with Crippen LogP contribution in [-0.2, 0) is 0 Å². The van der Waals surface area contributed by atoms with Gasteiger partial charge in [0.2, 0.25) is 0 Å². The van der Waals surface area contributed by atoms with Crippen molar-refractivity contribution in [3.8, 4) is 0 Å². The minimum atomic E-state index is -0.00894. The molecule has 0 aliphatic heterocycles. The van der Waals surface area contributed by atoms with E-state index in [1.54, 1.807) is 0 Å². The highest BCUT2D eigenvalue weighted by Crippen LogP contribution is 2.41. The Hall–Kier alpha value is -0.730. The van der Waals surface area contributed by atoms with Crippen LogP contribution in [0.4, 0.5) is 5.69 Å². The van der Waals surface area contributed by atoms with Crippen molar-refractivity contribution in [3.05, 3.63) is 29.3 Å². The van der Waals surface area contributed by atoms with Gasteiger partial charge in [-0.3, -0.25) is 0 Å². The highest BCUT2D eigenvalue weighted by atomic mass is 35.5. The van der Waals surface area contributed by atoms with Crippen molar-refractivity contribution in [3.63, 3.8) is 0 Å². The van der Waals surface area contributed by atoms with Gasteiger partial charge in [0.15, 0.2) is 0 Å². The molecule has 1 saturated carbocycles. The van der Waals surface area contributed by atoms with Gasteiger partial charge in [-0.2, -0.15) is 0 Å². The van der Waals surface area contributed by atoms with Crippen LogP contribution in [0.15, 0.2) is 24.3 Å². The molecule has 1 aromatic carbocycles. The zero-order chi connectivity index (χ0) is 10.9. The Kier molecular flexibility index (Phi) is 2.89. The quantitative estimate of drug-likeness (QED) is 0.826. The van der Waals surface area contributed by atoms with E-state index in [9.17, 15) is 0 Å². The van der Waals surface area contributed by atoms with Crippen LogP contribution >= 0.6 is 11.6 Å². The Balaban J connectivity index is 2.16. The molecule has 0 aromatic heterocycles. The molecule has 1 aliphatic rings. The average Bonchev–Trinajstić information content (AvgIpc) is 3.05. The van der Waals surface area contributed by atoms with Gasteiger partial charge >= 0.3 is 0 Å². The maximum Gasteiger partial charge on any atom is 0.0637 e. The van der Waals surface area contributed by atoms with Gasteiger partial charge in [0.05, 0.1) is 10.7 Å². The fraction of sp³-hybridized carbons (Fsp3) is 0.500. The Morgan fingerprint density at radius 3 is 2.67 bits per heavy atom. The molecule has 82 valence electrons. The van der Waals surface area contributed by atoms with Gasteiger partial charge in [-0.1, -0.05) is 23.7 Å². The second kappa shape index (κ2) is 4.03. The first-order chi connectivity index (χ1) is 7.15.